The summed E-state index contributed by atoms with van der Waals surface area (Å²) in [7, 11) is 0. The molecule has 1 heteroatoms. The molecule has 182 valence electrons. The van der Waals surface area contributed by atoms with Gasteiger partial charge in [-0.1, -0.05) is 109 Å². The van der Waals surface area contributed by atoms with Crippen molar-refractivity contribution in [3.05, 3.63) is 167 Å². The molecule has 2 aliphatic carbocycles. The van der Waals surface area contributed by atoms with Crippen molar-refractivity contribution in [2.45, 2.75) is 11.8 Å². The van der Waals surface area contributed by atoms with Crippen LogP contribution < -0.4 is 0 Å². The lowest BCUT2D eigenvalue weighted by Gasteiger charge is -2.18. The van der Waals surface area contributed by atoms with E-state index >= 15 is 0 Å². The van der Waals surface area contributed by atoms with E-state index in [1.54, 1.807) is 0 Å². The summed E-state index contributed by atoms with van der Waals surface area (Å²) >= 11 is 0. The highest BCUT2D eigenvalue weighted by molar-refractivity contribution is 6.05. The molecule has 1 heterocycles. The third-order valence-corrected chi connectivity index (χ3v) is 8.85. The predicted molar refractivity (Wildman–Crippen MR) is 159 cm³/mol. The molecule has 0 fully saturated rings. The molecule has 1 aromatic heterocycles. The average Bonchev–Trinajstić information content (AvgIpc) is 3.64. The van der Waals surface area contributed by atoms with Gasteiger partial charge in [0, 0.05) is 22.6 Å². The Bertz CT molecular complexity index is 2050. The Kier molecular flexibility index (Phi) is 4.23. The van der Waals surface area contributed by atoms with Crippen molar-refractivity contribution in [2.24, 2.45) is 0 Å². The maximum absolute atomic E-state index is 6.14. The second kappa shape index (κ2) is 7.82. The van der Waals surface area contributed by atoms with Crippen LogP contribution in [0.5, 0.6) is 0 Å². The first-order valence-electron chi connectivity index (χ1n) is 13.7. The van der Waals surface area contributed by atoms with E-state index in [9.17, 15) is 0 Å². The Labute approximate surface area is 227 Å². The van der Waals surface area contributed by atoms with E-state index in [-0.39, 0.29) is 11.8 Å². The van der Waals surface area contributed by atoms with Crippen molar-refractivity contribution in [3.63, 3.8) is 0 Å². The first kappa shape index (κ1) is 21.1. The fourth-order valence-electron chi connectivity index (χ4n) is 7.20. The van der Waals surface area contributed by atoms with Gasteiger partial charge >= 0.3 is 0 Å². The zero-order valence-corrected chi connectivity index (χ0v) is 21.3. The highest BCUT2D eigenvalue weighted by atomic mass is 16.3. The van der Waals surface area contributed by atoms with Crippen LogP contribution >= 0.6 is 0 Å². The molecular formula is C38H24O. The standard InChI is InChI=1S/C38H24O/c1-4-13-29-25(9-1)26-10-2-5-14-30(26)37(29)23-17-19-32-33(21-23)27-11-3-6-15-31(27)38(32)24-18-20-36-34(22-24)28-12-7-8-16-35(28)39-36/h1-22,37-38H. The predicted octanol–water partition coefficient (Wildman–Crippen LogP) is 9.91. The van der Waals surface area contributed by atoms with Gasteiger partial charge in [0.05, 0.1) is 0 Å². The molecule has 0 N–H and O–H groups in total. The second-order valence-electron chi connectivity index (χ2n) is 10.8. The largest absolute Gasteiger partial charge is 0.456 e. The molecule has 0 bridgehead atoms. The first-order chi connectivity index (χ1) is 19.3. The van der Waals surface area contributed by atoms with Crippen LogP contribution in [0.1, 0.15) is 45.2 Å². The van der Waals surface area contributed by atoms with Gasteiger partial charge in [-0.3, -0.25) is 0 Å². The number of fused-ring (bicyclic) bond motifs is 9. The number of hydrogen-bond donors (Lipinski definition) is 0. The molecule has 0 saturated heterocycles. The normalized spacial score (nSPS) is 15.3. The van der Waals surface area contributed by atoms with Crippen LogP contribution in [0.3, 0.4) is 0 Å². The molecule has 2 aliphatic rings. The zero-order valence-electron chi connectivity index (χ0n) is 21.3. The third-order valence-electron chi connectivity index (χ3n) is 8.85. The molecule has 0 spiro atoms. The molecule has 1 atom stereocenters. The molecule has 7 aromatic rings. The van der Waals surface area contributed by atoms with Gasteiger partial charge in [-0.2, -0.15) is 0 Å². The Morgan fingerprint density at radius 1 is 0.359 bits per heavy atom. The number of benzene rings is 6. The Morgan fingerprint density at radius 3 is 1.54 bits per heavy atom. The van der Waals surface area contributed by atoms with Crippen molar-refractivity contribution < 1.29 is 4.42 Å². The highest BCUT2D eigenvalue weighted by Gasteiger charge is 2.33. The van der Waals surface area contributed by atoms with Gasteiger partial charge in [-0.25, -0.2) is 0 Å². The van der Waals surface area contributed by atoms with Crippen molar-refractivity contribution in [2.75, 3.05) is 0 Å². The summed E-state index contributed by atoms with van der Waals surface area (Å²) in [4.78, 5) is 0. The van der Waals surface area contributed by atoms with Gasteiger partial charge in [0.2, 0.25) is 0 Å². The van der Waals surface area contributed by atoms with Crippen LogP contribution in [0.2, 0.25) is 0 Å². The summed E-state index contributed by atoms with van der Waals surface area (Å²) in [6.45, 7) is 0. The van der Waals surface area contributed by atoms with Gasteiger partial charge < -0.3 is 4.42 Å². The van der Waals surface area contributed by atoms with Crippen molar-refractivity contribution in [1.29, 1.82) is 0 Å². The first-order valence-corrected chi connectivity index (χ1v) is 13.7. The lowest BCUT2D eigenvalue weighted by Crippen LogP contribution is -2.02. The van der Waals surface area contributed by atoms with Crippen LogP contribution in [-0.4, -0.2) is 0 Å². The number of furan rings is 1. The molecule has 1 nitrogen and oxygen atoms in total. The van der Waals surface area contributed by atoms with Gasteiger partial charge in [0.15, 0.2) is 0 Å². The summed E-state index contributed by atoms with van der Waals surface area (Å²) in [5.74, 6) is 0.453. The van der Waals surface area contributed by atoms with E-state index in [0.717, 1.165) is 11.2 Å². The maximum Gasteiger partial charge on any atom is 0.135 e. The molecule has 39 heavy (non-hydrogen) atoms. The summed E-state index contributed by atoms with van der Waals surface area (Å²) < 4.78 is 6.14. The average molecular weight is 497 g/mol. The summed E-state index contributed by atoms with van der Waals surface area (Å²) in [5, 5.41) is 2.36. The minimum absolute atomic E-state index is 0.200. The fraction of sp³-hybridized carbons (Fsp3) is 0.0526. The Morgan fingerprint density at radius 2 is 0.846 bits per heavy atom. The molecular weight excluding hydrogens is 472 g/mol. The summed E-state index contributed by atoms with van der Waals surface area (Å²) in [6.07, 6.45) is 0. The minimum Gasteiger partial charge on any atom is -0.456 e. The van der Waals surface area contributed by atoms with Gasteiger partial charge in [0.25, 0.3) is 0 Å². The lowest BCUT2D eigenvalue weighted by molar-refractivity contribution is 0.668. The van der Waals surface area contributed by atoms with Crippen LogP contribution in [-0.2, 0) is 0 Å². The van der Waals surface area contributed by atoms with Crippen LogP contribution in [0.15, 0.2) is 138 Å². The molecule has 1 unspecified atom stereocenters. The number of para-hydroxylation sites is 1. The molecule has 0 radical (unpaired) electrons. The zero-order chi connectivity index (χ0) is 25.5. The minimum atomic E-state index is 0.200. The van der Waals surface area contributed by atoms with Crippen molar-refractivity contribution in [1.82, 2.24) is 0 Å². The van der Waals surface area contributed by atoms with E-state index in [2.05, 4.69) is 127 Å². The topological polar surface area (TPSA) is 13.1 Å². The van der Waals surface area contributed by atoms with Crippen LogP contribution in [0.25, 0.3) is 44.2 Å². The van der Waals surface area contributed by atoms with Crippen LogP contribution in [0, 0.1) is 0 Å². The third kappa shape index (κ3) is 2.90. The smallest absolute Gasteiger partial charge is 0.135 e. The van der Waals surface area contributed by atoms with E-state index in [0.29, 0.717) is 0 Å². The lowest BCUT2D eigenvalue weighted by atomic mass is 9.85. The molecule has 0 aliphatic heterocycles. The monoisotopic (exact) mass is 496 g/mol. The van der Waals surface area contributed by atoms with Gasteiger partial charge in [-0.15, -0.1) is 0 Å². The Hall–Kier alpha value is -4.88. The molecule has 0 amide bonds. The van der Waals surface area contributed by atoms with Crippen molar-refractivity contribution >= 4 is 21.9 Å². The fourth-order valence-corrected chi connectivity index (χ4v) is 7.20. The number of rotatable bonds is 2. The van der Waals surface area contributed by atoms with E-state index in [1.165, 1.54) is 66.4 Å². The number of hydrogen-bond acceptors (Lipinski definition) is 1. The van der Waals surface area contributed by atoms with Crippen LogP contribution in [0.4, 0.5) is 0 Å². The highest BCUT2D eigenvalue weighted by Crippen LogP contribution is 2.52. The van der Waals surface area contributed by atoms with Gasteiger partial charge in [0.1, 0.15) is 11.2 Å². The molecule has 9 rings (SSSR count). The summed E-state index contributed by atoms with van der Waals surface area (Å²) in [5.41, 5.74) is 15.5. The van der Waals surface area contributed by atoms with E-state index in [4.69, 9.17) is 4.42 Å². The van der Waals surface area contributed by atoms with Gasteiger partial charge in [-0.05, 0) is 79.9 Å². The maximum atomic E-state index is 6.14. The Balaban J connectivity index is 1.23. The van der Waals surface area contributed by atoms with E-state index in [1.807, 2.05) is 6.07 Å². The quantitative estimate of drug-likeness (QED) is 0.232. The second-order valence-corrected chi connectivity index (χ2v) is 10.8. The molecule has 6 aromatic carbocycles. The van der Waals surface area contributed by atoms with Crippen molar-refractivity contribution in [3.8, 4) is 22.3 Å². The molecule has 0 saturated carbocycles. The van der Waals surface area contributed by atoms with E-state index < -0.39 is 0 Å². The summed E-state index contributed by atoms with van der Waals surface area (Å²) in [6, 6.07) is 49.0. The SMILES string of the molecule is c1ccc2c(c1)-c1ccccc1C2c1ccc2c(c1)-c1ccccc1C2c1ccc2oc3ccccc3c2c1.